The highest BCUT2D eigenvalue weighted by molar-refractivity contribution is 5.75. The fraction of sp³-hybridized carbons (Fsp3) is 0.889. The highest BCUT2D eigenvalue weighted by Crippen LogP contribution is 2.14. The topological polar surface area (TPSA) is 29.5 Å². The van der Waals surface area contributed by atoms with E-state index in [-0.39, 0.29) is 12.0 Å². The van der Waals surface area contributed by atoms with E-state index in [0.717, 1.165) is 19.5 Å². The molecule has 1 aliphatic heterocycles. The number of rotatable bonds is 3. The van der Waals surface area contributed by atoms with Crippen LogP contribution in [0, 0.1) is 0 Å². The van der Waals surface area contributed by atoms with E-state index >= 15 is 0 Å². The minimum Gasteiger partial charge on any atom is -0.468 e. The first kappa shape index (κ1) is 9.52. The van der Waals surface area contributed by atoms with Crippen LogP contribution in [0.25, 0.3) is 0 Å². The van der Waals surface area contributed by atoms with Gasteiger partial charge >= 0.3 is 5.97 Å². The van der Waals surface area contributed by atoms with Crippen LogP contribution in [0.5, 0.6) is 0 Å². The maximum atomic E-state index is 11.3. The maximum absolute atomic E-state index is 11.3. The zero-order valence-corrected chi connectivity index (χ0v) is 7.88. The maximum Gasteiger partial charge on any atom is 0.323 e. The molecule has 1 fully saturated rings. The Morgan fingerprint density at radius 2 is 2.08 bits per heavy atom. The van der Waals surface area contributed by atoms with Gasteiger partial charge in [0.05, 0.1) is 7.11 Å². The second-order valence-electron chi connectivity index (χ2n) is 3.19. The van der Waals surface area contributed by atoms with Crippen molar-refractivity contribution in [2.45, 2.75) is 32.2 Å². The summed E-state index contributed by atoms with van der Waals surface area (Å²) >= 11 is 0. The first-order chi connectivity index (χ1) is 5.79. The lowest BCUT2D eigenvalue weighted by Gasteiger charge is -2.23. The largest absolute Gasteiger partial charge is 0.468 e. The molecule has 3 heteroatoms. The molecule has 0 radical (unpaired) electrons. The van der Waals surface area contributed by atoms with Gasteiger partial charge in [-0.3, -0.25) is 9.69 Å². The minimum atomic E-state index is -0.0839. The van der Waals surface area contributed by atoms with Gasteiger partial charge in [-0.15, -0.1) is 0 Å². The molecule has 0 aromatic rings. The van der Waals surface area contributed by atoms with Crippen molar-refractivity contribution in [1.29, 1.82) is 0 Å². The number of hydrogen-bond donors (Lipinski definition) is 0. The quantitative estimate of drug-likeness (QED) is 0.594. The van der Waals surface area contributed by atoms with Gasteiger partial charge in [0.2, 0.25) is 0 Å². The Morgan fingerprint density at radius 1 is 1.50 bits per heavy atom. The van der Waals surface area contributed by atoms with Crippen LogP contribution in [-0.4, -0.2) is 37.1 Å². The standard InChI is InChI=1S/C9H17NO2/c1-3-8(9(11)12-2)10-6-4-5-7-10/h8H,3-7H2,1-2H3/t8-/m0/s1. The molecule has 1 rings (SSSR count). The molecule has 1 aliphatic rings. The van der Waals surface area contributed by atoms with Gasteiger partial charge in [0, 0.05) is 0 Å². The fourth-order valence-corrected chi connectivity index (χ4v) is 1.76. The SMILES string of the molecule is CC[C@@H](C(=O)OC)N1CCCC1. The average Bonchev–Trinajstić information content (AvgIpc) is 2.58. The number of ether oxygens (including phenoxy) is 1. The van der Waals surface area contributed by atoms with Crippen LogP contribution in [0.2, 0.25) is 0 Å². The number of likely N-dealkylation sites (tertiary alicyclic amines) is 1. The second-order valence-corrected chi connectivity index (χ2v) is 3.19. The monoisotopic (exact) mass is 171 g/mol. The van der Waals surface area contributed by atoms with Crippen molar-refractivity contribution in [2.24, 2.45) is 0 Å². The van der Waals surface area contributed by atoms with Crippen molar-refractivity contribution in [2.75, 3.05) is 20.2 Å². The first-order valence-corrected chi connectivity index (χ1v) is 4.61. The number of hydrogen-bond acceptors (Lipinski definition) is 3. The van der Waals surface area contributed by atoms with E-state index in [1.54, 1.807) is 0 Å². The Kier molecular flexibility index (Phi) is 3.53. The van der Waals surface area contributed by atoms with Crippen molar-refractivity contribution in [1.82, 2.24) is 4.90 Å². The van der Waals surface area contributed by atoms with Crippen molar-refractivity contribution >= 4 is 5.97 Å². The Bertz CT molecular complexity index is 153. The summed E-state index contributed by atoms with van der Waals surface area (Å²) in [6, 6.07) is -0.00231. The van der Waals surface area contributed by atoms with E-state index in [9.17, 15) is 4.79 Å². The fourth-order valence-electron chi connectivity index (χ4n) is 1.76. The molecule has 1 atom stereocenters. The smallest absolute Gasteiger partial charge is 0.323 e. The van der Waals surface area contributed by atoms with Gasteiger partial charge in [-0.1, -0.05) is 6.92 Å². The summed E-state index contributed by atoms with van der Waals surface area (Å²) in [7, 11) is 1.46. The molecule has 3 nitrogen and oxygen atoms in total. The van der Waals surface area contributed by atoms with Gasteiger partial charge in [0.15, 0.2) is 0 Å². The molecule has 0 aromatic heterocycles. The third kappa shape index (κ3) is 1.97. The number of methoxy groups -OCH3 is 1. The molecule has 0 aliphatic carbocycles. The molecule has 0 bridgehead atoms. The Morgan fingerprint density at radius 3 is 2.50 bits per heavy atom. The lowest BCUT2D eigenvalue weighted by molar-refractivity contribution is -0.146. The Balaban J connectivity index is 2.48. The molecule has 12 heavy (non-hydrogen) atoms. The van der Waals surface area contributed by atoms with Gasteiger partial charge in [0.25, 0.3) is 0 Å². The van der Waals surface area contributed by atoms with Gasteiger partial charge in [-0.05, 0) is 32.4 Å². The highest BCUT2D eigenvalue weighted by Gasteiger charge is 2.26. The van der Waals surface area contributed by atoms with E-state index < -0.39 is 0 Å². The summed E-state index contributed by atoms with van der Waals surface area (Å²) in [6.07, 6.45) is 3.29. The Hall–Kier alpha value is -0.570. The minimum absolute atomic E-state index is 0.00231. The van der Waals surface area contributed by atoms with Gasteiger partial charge in [-0.25, -0.2) is 0 Å². The van der Waals surface area contributed by atoms with Crippen molar-refractivity contribution < 1.29 is 9.53 Å². The molecule has 0 spiro atoms. The highest BCUT2D eigenvalue weighted by atomic mass is 16.5. The van der Waals surface area contributed by atoms with E-state index in [1.807, 2.05) is 6.92 Å². The van der Waals surface area contributed by atoms with E-state index in [1.165, 1.54) is 20.0 Å². The molecule has 0 unspecified atom stereocenters. The second kappa shape index (κ2) is 4.45. The molecule has 70 valence electrons. The molecular formula is C9H17NO2. The van der Waals surface area contributed by atoms with E-state index in [0.29, 0.717) is 0 Å². The average molecular weight is 171 g/mol. The van der Waals surface area contributed by atoms with Crippen molar-refractivity contribution in [3.63, 3.8) is 0 Å². The third-order valence-electron chi connectivity index (χ3n) is 2.44. The number of esters is 1. The molecule has 0 amide bonds. The van der Waals surface area contributed by atoms with Crippen molar-refractivity contribution in [3.8, 4) is 0 Å². The third-order valence-corrected chi connectivity index (χ3v) is 2.44. The number of nitrogens with zero attached hydrogens (tertiary/aromatic N) is 1. The van der Waals surface area contributed by atoms with Gasteiger partial charge in [-0.2, -0.15) is 0 Å². The summed E-state index contributed by atoms with van der Waals surface area (Å²) in [4.78, 5) is 13.5. The molecule has 0 N–H and O–H groups in total. The predicted molar refractivity (Wildman–Crippen MR) is 46.9 cm³/mol. The van der Waals surface area contributed by atoms with Crippen LogP contribution >= 0.6 is 0 Å². The van der Waals surface area contributed by atoms with Crippen LogP contribution < -0.4 is 0 Å². The van der Waals surface area contributed by atoms with Crippen LogP contribution in [0.3, 0.4) is 0 Å². The number of carbonyl (C=O) groups excluding carboxylic acids is 1. The normalized spacial score (nSPS) is 20.8. The van der Waals surface area contributed by atoms with Crippen LogP contribution in [0.15, 0.2) is 0 Å². The van der Waals surface area contributed by atoms with E-state index in [2.05, 4.69) is 4.90 Å². The molecule has 1 heterocycles. The lowest BCUT2D eigenvalue weighted by Crippen LogP contribution is -2.39. The van der Waals surface area contributed by atoms with Gasteiger partial charge < -0.3 is 4.74 Å². The zero-order chi connectivity index (χ0) is 8.97. The van der Waals surface area contributed by atoms with Crippen LogP contribution in [0.1, 0.15) is 26.2 Å². The van der Waals surface area contributed by atoms with Crippen molar-refractivity contribution in [3.05, 3.63) is 0 Å². The van der Waals surface area contributed by atoms with Crippen LogP contribution in [-0.2, 0) is 9.53 Å². The zero-order valence-electron chi connectivity index (χ0n) is 7.88. The summed E-state index contributed by atoms with van der Waals surface area (Å²) in [5.41, 5.74) is 0. The van der Waals surface area contributed by atoms with Gasteiger partial charge in [0.1, 0.15) is 6.04 Å². The summed E-state index contributed by atoms with van der Waals surface area (Å²) in [5.74, 6) is -0.0839. The Labute approximate surface area is 73.7 Å². The predicted octanol–water partition coefficient (Wildman–Crippen LogP) is 1.03. The molecular weight excluding hydrogens is 154 g/mol. The summed E-state index contributed by atoms with van der Waals surface area (Å²) < 4.78 is 4.74. The summed E-state index contributed by atoms with van der Waals surface area (Å²) in [6.45, 7) is 4.13. The van der Waals surface area contributed by atoms with Crippen LogP contribution in [0.4, 0.5) is 0 Å². The molecule has 1 saturated heterocycles. The summed E-state index contributed by atoms with van der Waals surface area (Å²) in [5, 5.41) is 0. The number of carbonyl (C=O) groups is 1. The molecule has 0 saturated carbocycles. The first-order valence-electron chi connectivity index (χ1n) is 4.61. The van der Waals surface area contributed by atoms with E-state index in [4.69, 9.17) is 4.74 Å². The lowest BCUT2D eigenvalue weighted by atomic mass is 10.2. The molecule has 0 aromatic carbocycles.